The fourth-order valence-electron chi connectivity index (χ4n) is 1.61. The van der Waals surface area contributed by atoms with Gasteiger partial charge in [0.1, 0.15) is 5.82 Å². The van der Waals surface area contributed by atoms with E-state index in [1.165, 1.54) is 6.07 Å². The molecule has 2 atom stereocenters. The Morgan fingerprint density at radius 2 is 2.06 bits per heavy atom. The molecule has 0 amide bonds. The maximum absolute atomic E-state index is 13.7. The lowest BCUT2D eigenvalue weighted by Crippen LogP contribution is -2.27. The highest BCUT2D eigenvalue weighted by atomic mass is 19.1. The molecule has 0 bridgehead atoms. The number of halogens is 1. The minimum Gasteiger partial charge on any atom is -0.392 e. The van der Waals surface area contributed by atoms with Crippen molar-refractivity contribution in [3.63, 3.8) is 0 Å². The summed E-state index contributed by atoms with van der Waals surface area (Å²) in [5.41, 5.74) is 6.92. The standard InChI is InChI=1S/C12H19FN2O/c1-8(16)7-15(3)12-5-4-10(9(2)14)6-11(12)13/h4-6,8-9,16H,7,14H2,1-3H3/t8?,9-/m1/s1. The van der Waals surface area contributed by atoms with Crippen LogP contribution in [0.2, 0.25) is 0 Å². The van der Waals surface area contributed by atoms with Crippen LogP contribution in [0.4, 0.5) is 10.1 Å². The number of hydrogen-bond donors (Lipinski definition) is 2. The summed E-state index contributed by atoms with van der Waals surface area (Å²) in [6, 6.07) is 4.77. The molecule has 90 valence electrons. The van der Waals surface area contributed by atoms with Crippen molar-refractivity contribution in [3.8, 4) is 0 Å². The lowest BCUT2D eigenvalue weighted by molar-refractivity contribution is 0.201. The fraction of sp³-hybridized carbons (Fsp3) is 0.500. The summed E-state index contributed by atoms with van der Waals surface area (Å²) in [4.78, 5) is 1.69. The predicted octanol–water partition coefficient (Wildman–Crippen LogP) is 1.66. The van der Waals surface area contributed by atoms with Crippen LogP contribution in [0, 0.1) is 5.82 Å². The summed E-state index contributed by atoms with van der Waals surface area (Å²) in [7, 11) is 1.75. The summed E-state index contributed by atoms with van der Waals surface area (Å²) in [5.74, 6) is -0.307. The van der Waals surface area contributed by atoms with Crippen LogP contribution >= 0.6 is 0 Å². The van der Waals surface area contributed by atoms with Crippen molar-refractivity contribution in [1.82, 2.24) is 0 Å². The van der Waals surface area contributed by atoms with Crippen LogP contribution in [0.5, 0.6) is 0 Å². The second-order valence-electron chi connectivity index (χ2n) is 4.23. The van der Waals surface area contributed by atoms with E-state index in [0.29, 0.717) is 12.2 Å². The highest BCUT2D eigenvalue weighted by molar-refractivity contribution is 5.49. The van der Waals surface area contributed by atoms with E-state index < -0.39 is 6.10 Å². The van der Waals surface area contributed by atoms with Gasteiger partial charge in [0, 0.05) is 19.6 Å². The number of likely N-dealkylation sites (N-methyl/N-ethyl adjacent to an activating group) is 1. The zero-order valence-electron chi connectivity index (χ0n) is 9.94. The molecule has 0 aromatic heterocycles. The SMILES string of the molecule is CC(O)CN(C)c1ccc([C@@H](C)N)cc1F. The van der Waals surface area contributed by atoms with E-state index in [-0.39, 0.29) is 11.9 Å². The molecule has 0 heterocycles. The van der Waals surface area contributed by atoms with Gasteiger partial charge >= 0.3 is 0 Å². The third-order valence-electron chi connectivity index (χ3n) is 2.45. The molecule has 16 heavy (non-hydrogen) atoms. The van der Waals surface area contributed by atoms with Crippen molar-refractivity contribution in [3.05, 3.63) is 29.6 Å². The molecule has 4 heteroatoms. The molecule has 0 aliphatic rings. The van der Waals surface area contributed by atoms with E-state index >= 15 is 0 Å². The van der Waals surface area contributed by atoms with Crippen LogP contribution in [-0.4, -0.2) is 24.8 Å². The maximum Gasteiger partial charge on any atom is 0.146 e. The molecule has 0 saturated carbocycles. The lowest BCUT2D eigenvalue weighted by Gasteiger charge is -2.22. The molecular formula is C12H19FN2O. The van der Waals surface area contributed by atoms with Gasteiger partial charge in [0.2, 0.25) is 0 Å². The largest absolute Gasteiger partial charge is 0.392 e. The van der Waals surface area contributed by atoms with Crippen LogP contribution in [0.1, 0.15) is 25.5 Å². The minimum atomic E-state index is -0.488. The zero-order chi connectivity index (χ0) is 12.3. The predicted molar refractivity (Wildman–Crippen MR) is 64.0 cm³/mol. The minimum absolute atomic E-state index is 0.175. The molecule has 1 unspecified atom stereocenters. The van der Waals surface area contributed by atoms with Gasteiger partial charge in [-0.2, -0.15) is 0 Å². The molecule has 0 spiro atoms. The molecular weight excluding hydrogens is 207 g/mol. The van der Waals surface area contributed by atoms with E-state index in [1.807, 2.05) is 13.0 Å². The second-order valence-corrected chi connectivity index (χ2v) is 4.23. The summed E-state index contributed by atoms with van der Waals surface area (Å²) < 4.78 is 13.7. The normalized spacial score (nSPS) is 14.6. The number of nitrogens with zero attached hydrogens (tertiary/aromatic N) is 1. The van der Waals surface area contributed by atoms with Gasteiger partial charge in [-0.25, -0.2) is 4.39 Å². The monoisotopic (exact) mass is 226 g/mol. The van der Waals surface area contributed by atoms with Crippen LogP contribution in [0.15, 0.2) is 18.2 Å². The summed E-state index contributed by atoms with van der Waals surface area (Å²) in [6.45, 7) is 3.88. The average molecular weight is 226 g/mol. The number of anilines is 1. The third-order valence-corrected chi connectivity index (χ3v) is 2.45. The highest BCUT2D eigenvalue weighted by Crippen LogP contribution is 2.21. The maximum atomic E-state index is 13.7. The van der Waals surface area contributed by atoms with Gasteiger partial charge in [0.25, 0.3) is 0 Å². The van der Waals surface area contributed by atoms with E-state index in [0.717, 1.165) is 5.56 Å². The van der Waals surface area contributed by atoms with Gasteiger partial charge in [-0.05, 0) is 31.5 Å². The molecule has 0 saturated heterocycles. The van der Waals surface area contributed by atoms with E-state index in [2.05, 4.69) is 0 Å². The number of hydrogen-bond acceptors (Lipinski definition) is 3. The summed E-state index contributed by atoms with van der Waals surface area (Å²) in [5, 5.41) is 9.23. The van der Waals surface area contributed by atoms with Crippen molar-refractivity contribution in [2.24, 2.45) is 5.73 Å². The molecule has 3 N–H and O–H groups in total. The number of benzene rings is 1. The van der Waals surface area contributed by atoms with Gasteiger partial charge < -0.3 is 15.7 Å². The van der Waals surface area contributed by atoms with Crippen LogP contribution in [0.25, 0.3) is 0 Å². The number of nitrogens with two attached hydrogens (primary N) is 1. The average Bonchev–Trinajstić information content (AvgIpc) is 2.15. The number of rotatable bonds is 4. The highest BCUT2D eigenvalue weighted by Gasteiger charge is 2.11. The number of aliphatic hydroxyl groups excluding tert-OH is 1. The first-order chi connectivity index (χ1) is 7.41. The Balaban J connectivity index is 2.90. The first-order valence-electron chi connectivity index (χ1n) is 5.36. The van der Waals surface area contributed by atoms with Crippen molar-refractivity contribution in [2.45, 2.75) is 26.0 Å². The van der Waals surface area contributed by atoms with Gasteiger partial charge in [0.15, 0.2) is 0 Å². The van der Waals surface area contributed by atoms with Crippen molar-refractivity contribution < 1.29 is 9.50 Å². The molecule has 0 radical (unpaired) electrons. The number of aliphatic hydroxyl groups is 1. The Morgan fingerprint density at radius 3 is 2.50 bits per heavy atom. The topological polar surface area (TPSA) is 49.5 Å². The zero-order valence-corrected chi connectivity index (χ0v) is 9.94. The van der Waals surface area contributed by atoms with E-state index in [9.17, 15) is 9.50 Å². The Morgan fingerprint density at radius 1 is 1.44 bits per heavy atom. The molecule has 1 aromatic rings. The second kappa shape index (κ2) is 5.27. The molecule has 0 fully saturated rings. The van der Waals surface area contributed by atoms with Gasteiger partial charge in [-0.1, -0.05) is 6.07 Å². The van der Waals surface area contributed by atoms with Crippen molar-refractivity contribution in [2.75, 3.05) is 18.5 Å². The lowest BCUT2D eigenvalue weighted by atomic mass is 10.1. The van der Waals surface area contributed by atoms with Crippen LogP contribution in [0.3, 0.4) is 0 Å². The van der Waals surface area contributed by atoms with E-state index in [4.69, 9.17) is 5.73 Å². The molecule has 0 aliphatic carbocycles. The first-order valence-corrected chi connectivity index (χ1v) is 5.36. The molecule has 1 rings (SSSR count). The van der Waals surface area contributed by atoms with Crippen molar-refractivity contribution >= 4 is 5.69 Å². The Bertz CT molecular complexity index is 353. The molecule has 1 aromatic carbocycles. The van der Waals surface area contributed by atoms with Crippen LogP contribution < -0.4 is 10.6 Å². The van der Waals surface area contributed by atoms with Gasteiger partial charge in [0.05, 0.1) is 11.8 Å². The Hall–Kier alpha value is -1.13. The van der Waals surface area contributed by atoms with Gasteiger partial charge in [-0.3, -0.25) is 0 Å². The molecule has 3 nitrogen and oxygen atoms in total. The smallest absolute Gasteiger partial charge is 0.146 e. The van der Waals surface area contributed by atoms with Crippen molar-refractivity contribution in [1.29, 1.82) is 0 Å². The molecule has 0 aliphatic heterocycles. The quantitative estimate of drug-likeness (QED) is 0.821. The summed E-state index contributed by atoms with van der Waals surface area (Å²) in [6.07, 6.45) is -0.488. The summed E-state index contributed by atoms with van der Waals surface area (Å²) >= 11 is 0. The third kappa shape index (κ3) is 3.18. The van der Waals surface area contributed by atoms with Crippen LogP contribution in [-0.2, 0) is 0 Å². The Kier molecular flexibility index (Phi) is 4.26. The van der Waals surface area contributed by atoms with E-state index in [1.54, 1.807) is 24.9 Å². The first kappa shape index (κ1) is 12.9. The Labute approximate surface area is 95.7 Å². The van der Waals surface area contributed by atoms with Gasteiger partial charge in [-0.15, -0.1) is 0 Å². The fourth-order valence-corrected chi connectivity index (χ4v) is 1.61.